The van der Waals surface area contributed by atoms with Gasteiger partial charge in [0, 0.05) is 30.0 Å². The minimum absolute atomic E-state index is 0.540. The minimum atomic E-state index is 0.540. The fourth-order valence-electron chi connectivity index (χ4n) is 3.21. The van der Waals surface area contributed by atoms with Gasteiger partial charge in [-0.2, -0.15) is 0 Å². The fourth-order valence-corrected chi connectivity index (χ4v) is 3.21. The summed E-state index contributed by atoms with van der Waals surface area (Å²) < 4.78 is 0. The van der Waals surface area contributed by atoms with Crippen molar-refractivity contribution in [3.8, 4) is 0 Å². The van der Waals surface area contributed by atoms with Crippen LogP contribution in [0.15, 0.2) is 6.07 Å². The van der Waals surface area contributed by atoms with Crippen molar-refractivity contribution in [2.75, 3.05) is 18.4 Å². The molecule has 1 aromatic rings. The Balaban J connectivity index is 1.74. The zero-order chi connectivity index (χ0) is 11.8. The molecule has 0 aromatic carbocycles. The number of fused-ring (bicyclic) bond motifs is 1. The molecule has 92 valence electrons. The Morgan fingerprint density at radius 2 is 1.94 bits per heavy atom. The van der Waals surface area contributed by atoms with E-state index in [2.05, 4.69) is 20.2 Å². The van der Waals surface area contributed by atoms with Gasteiger partial charge < -0.3 is 5.32 Å². The van der Waals surface area contributed by atoms with Crippen LogP contribution in [0, 0.1) is 13.8 Å². The van der Waals surface area contributed by atoms with Crippen molar-refractivity contribution in [1.82, 2.24) is 14.9 Å². The summed E-state index contributed by atoms with van der Waals surface area (Å²) in [5, 5.41) is 3.53. The molecule has 3 rings (SSSR count). The third-order valence-electron chi connectivity index (χ3n) is 3.90. The molecule has 0 bridgehead atoms. The maximum Gasteiger partial charge on any atom is 0.223 e. The molecule has 2 unspecified atom stereocenters. The minimum Gasteiger partial charge on any atom is -0.350 e. The molecule has 1 aromatic heterocycles. The van der Waals surface area contributed by atoms with Crippen LogP contribution in [0.25, 0.3) is 0 Å². The highest BCUT2D eigenvalue weighted by Gasteiger charge is 2.37. The molecule has 0 spiro atoms. The van der Waals surface area contributed by atoms with Crippen LogP contribution < -0.4 is 5.32 Å². The number of hydrogen-bond acceptors (Lipinski definition) is 4. The van der Waals surface area contributed by atoms with E-state index in [9.17, 15) is 0 Å². The molecule has 1 N–H and O–H groups in total. The number of hydrogen-bond donors (Lipinski definition) is 1. The maximum atomic E-state index is 4.47. The van der Waals surface area contributed by atoms with Crippen LogP contribution in [0.1, 0.15) is 30.7 Å². The van der Waals surface area contributed by atoms with Crippen LogP contribution in [-0.2, 0) is 0 Å². The second kappa shape index (κ2) is 4.26. The van der Waals surface area contributed by atoms with Crippen molar-refractivity contribution >= 4 is 5.95 Å². The Morgan fingerprint density at radius 3 is 2.71 bits per heavy atom. The fraction of sp³-hybridized carbons (Fsp3) is 0.692. The lowest BCUT2D eigenvalue weighted by Crippen LogP contribution is -2.34. The Morgan fingerprint density at radius 1 is 1.18 bits per heavy atom. The average Bonchev–Trinajstić information content (AvgIpc) is 2.81. The van der Waals surface area contributed by atoms with Crippen LogP contribution >= 0.6 is 0 Å². The second-order valence-electron chi connectivity index (χ2n) is 5.26. The molecule has 2 aliphatic rings. The van der Waals surface area contributed by atoms with Gasteiger partial charge in [0.1, 0.15) is 0 Å². The van der Waals surface area contributed by atoms with E-state index in [4.69, 9.17) is 0 Å². The Kier molecular flexibility index (Phi) is 2.74. The van der Waals surface area contributed by atoms with Crippen molar-refractivity contribution in [3.63, 3.8) is 0 Å². The van der Waals surface area contributed by atoms with Crippen molar-refractivity contribution in [2.24, 2.45) is 0 Å². The Bertz CT molecular complexity index is 398. The van der Waals surface area contributed by atoms with Crippen molar-refractivity contribution in [1.29, 1.82) is 0 Å². The summed E-state index contributed by atoms with van der Waals surface area (Å²) in [6, 6.07) is 3.26. The third-order valence-corrected chi connectivity index (χ3v) is 3.90. The maximum absolute atomic E-state index is 4.47. The molecule has 4 heteroatoms. The highest BCUT2D eigenvalue weighted by Crippen LogP contribution is 2.29. The van der Waals surface area contributed by atoms with Crippen LogP contribution in [-0.4, -0.2) is 40.0 Å². The van der Waals surface area contributed by atoms with Gasteiger partial charge in [-0.3, -0.25) is 4.90 Å². The van der Waals surface area contributed by atoms with E-state index in [1.807, 2.05) is 19.9 Å². The molecule has 2 fully saturated rings. The van der Waals surface area contributed by atoms with Gasteiger partial charge in [-0.1, -0.05) is 0 Å². The first-order valence-corrected chi connectivity index (χ1v) is 6.55. The summed E-state index contributed by atoms with van der Waals surface area (Å²) in [6.45, 7) is 6.55. The van der Waals surface area contributed by atoms with Crippen LogP contribution in [0.2, 0.25) is 0 Å². The first-order chi connectivity index (χ1) is 8.22. The van der Waals surface area contributed by atoms with Crippen molar-refractivity contribution in [2.45, 2.75) is 45.2 Å². The molecule has 3 heterocycles. The quantitative estimate of drug-likeness (QED) is 0.843. The molecule has 0 radical (unpaired) electrons. The average molecular weight is 232 g/mol. The van der Waals surface area contributed by atoms with Crippen molar-refractivity contribution < 1.29 is 0 Å². The lowest BCUT2D eigenvalue weighted by atomic mass is 10.1. The Labute approximate surface area is 102 Å². The van der Waals surface area contributed by atoms with Crippen molar-refractivity contribution in [3.05, 3.63) is 17.5 Å². The van der Waals surface area contributed by atoms with Gasteiger partial charge in [0.2, 0.25) is 5.95 Å². The molecule has 17 heavy (non-hydrogen) atoms. The predicted molar refractivity (Wildman–Crippen MR) is 68.1 cm³/mol. The van der Waals surface area contributed by atoms with E-state index < -0.39 is 0 Å². The molecule has 0 saturated carbocycles. The highest BCUT2D eigenvalue weighted by molar-refractivity contribution is 5.30. The van der Waals surface area contributed by atoms with E-state index in [-0.39, 0.29) is 0 Å². The molecular weight excluding hydrogens is 212 g/mol. The number of anilines is 1. The summed E-state index contributed by atoms with van der Waals surface area (Å²) in [5.41, 5.74) is 2.09. The predicted octanol–water partition coefficient (Wildman–Crippen LogP) is 1.74. The number of aryl methyl sites for hydroxylation is 2. The number of rotatable bonds is 2. The molecule has 0 amide bonds. The first-order valence-electron chi connectivity index (χ1n) is 6.55. The molecule has 0 aliphatic carbocycles. The molecular formula is C13H20N4. The van der Waals surface area contributed by atoms with Crippen LogP contribution in [0.4, 0.5) is 5.95 Å². The number of nitrogens with zero attached hydrogens (tertiary/aromatic N) is 3. The lowest BCUT2D eigenvalue weighted by molar-refractivity contribution is 0.318. The largest absolute Gasteiger partial charge is 0.350 e. The second-order valence-corrected chi connectivity index (χ2v) is 5.26. The molecule has 2 atom stereocenters. The Hall–Kier alpha value is -1.16. The smallest absolute Gasteiger partial charge is 0.223 e. The van der Waals surface area contributed by atoms with E-state index in [0.717, 1.165) is 17.3 Å². The van der Waals surface area contributed by atoms with Crippen LogP contribution in [0.5, 0.6) is 0 Å². The molecule has 2 saturated heterocycles. The van der Waals surface area contributed by atoms with Gasteiger partial charge in [0.05, 0.1) is 0 Å². The summed E-state index contributed by atoms with van der Waals surface area (Å²) in [4.78, 5) is 11.5. The van der Waals surface area contributed by atoms with E-state index in [1.165, 1.54) is 32.4 Å². The summed E-state index contributed by atoms with van der Waals surface area (Å²) in [5.74, 6) is 0.807. The highest BCUT2D eigenvalue weighted by atomic mass is 15.3. The standard InChI is InChI=1S/C13H20N4/c1-9-8-10(2)15-13(14-9)16-11-5-7-17-6-3-4-12(11)17/h8,11-12H,3-7H2,1-2H3,(H,14,15,16). The topological polar surface area (TPSA) is 41.1 Å². The van der Waals surface area contributed by atoms with Gasteiger partial charge in [-0.15, -0.1) is 0 Å². The molecule has 4 nitrogen and oxygen atoms in total. The summed E-state index contributed by atoms with van der Waals surface area (Å²) in [6.07, 6.45) is 3.89. The first kappa shape index (κ1) is 11.0. The third kappa shape index (κ3) is 2.14. The zero-order valence-corrected chi connectivity index (χ0v) is 10.6. The van der Waals surface area contributed by atoms with E-state index in [1.54, 1.807) is 0 Å². The zero-order valence-electron chi connectivity index (χ0n) is 10.6. The number of aromatic nitrogens is 2. The van der Waals surface area contributed by atoms with E-state index >= 15 is 0 Å². The van der Waals surface area contributed by atoms with Gasteiger partial charge in [-0.25, -0.2) is 9.97 Å². The number of nitrogens with one attached hydrogen (secondary N) is 1. The normalized spacial score (nSPS) is 28.4. The summed E-state index contributed by atoms with van der Waals surface area (Å²) >= 11 is 0. The SMILES string of the molecule is Cc1cc(C)nc(NC2CCN3CCCC23)n1. The van der Waals surface area contributed by atoms with Gasteiger partial charge in [0.25, 0.3) is 0 Å². The van der Waals surface area contributed by atoms with Gasteiger partial charge in [-0.05, 0) is 45.7 Å². The van der Waals surface area contributed by atoms with Gasteiger partial charge >= 0.3 is 0 Å². The summed E-state index contributed by atoms with van der Waals surface area (Å²) in [7, 11) is 0. The van der Waals surface area contributed by atoms with Gasteiger partial charge in [0.15, 0.2) is 0 Å². The molecule has 2 aliphatic heterocycles. The lowest BCUT2D eigenvalue weighted by Gasteiger charge is -2.21. The monoisotopic (exact) mass is 232 g/mol. The van der Waals surface area contributed by atoms with Crippen LogP contribution in [0.3, 0.4) is 0 Å². The van der Waals surface area contributed by atoms with E-state index in [0.29, 0.717) is 12.1 Å².